The summed E-state index contributed by atoms with van der Waals surface area (Å²) in [7, 11) is 1.39. The number of hydrogen-bond donors (Lipinski definition) is 1. The maximum Gasteiger partial charge on any atom is 0.311 e. The molecule has 1 unspecified atom stereocenters. The highest BCUT2D eigenvalue weighted by Crippen LogP contribution is 2.29. The van der Waals surface area contributed by atoms with E-state index >= 15 is 0 Å². The molecule has 0 radical (unpaired) electrons. The van der Waals surface area contributed by atoms with E-state index in [2.05, 4.69) is 5.10 Å². The second-order valence-electron chi connectivity index (χ2n) is 5.74. The monoisotopic (exact) mass is 287 g/mol. The van der Waals surface area contributed by atoms with Crippen LogP contribution in [0.5, 0.6) is 0 Å². The van der Waals surface area contributed by atoms with Crippen LogP contribution in [0, 0.1) is 5.41 Å². The molecule has 1 atom stereocenters. The van der Waals surface area contributed by atoms with E-state index in [-0.39, 0.29) is 12.0 Å². The van der Waals surface area contributed by atoms with Gasteiger partial charge in [0.05, 0.1) is 24.4 Å². The molecule has 0 saturated carbocycles. The number of carbonyl (C=O) groups excluding carboxylic acids is 1. The van der Waals surface area contributed by atoms with Gasteiger partial charge >= 0.3 is 5.97 Å². The van der Waals surface area contributed by atoms with Crippen molar-refractivity contribution in [1.82, 2.24) is 9.78 Å². The standard InChI is InChI=1S/C16H21N3O2/c1-16(2,15(20)21-3)9-14(17)12-10-18-19(11-12)13-7-5-4-6-8-13/h4-8,10-11,14H,9,17H2,1-3H3. The highest BCUT2D eigenvalue weighted by Gasteiger charge is 2.31. The summed E-state index contributed by atoms with van der Waals surface area (Å²) < 4.78 is 6.59. The molecule has 0 aliphatic heterocycles. The number of rotatable bonds is 5. The van der Waals surface area contributed by atoms with Gasteiger partial charge in [0.2, 0.25) is 0 Å². The summed E-state index contributed by atoms with van der Waals surface area (Å²) >= 11 is 0. The molecule has 0 amide bonds. The molecule has 5 nitrogen and oxygen atoms in total. The zero-order chi connectivity index (χ0) is 15.5. The first-order valence-corrected chi connectivity index (χ1v) is 6.88. The summed E-state index contributed by atoms with van der Waals surface area (Å²) in [4.78, 5) is 11.7. The van der Waals surface area contributed by atoms with Gasteiger partial charge in [-0.2, -0.15) is 5.10 Å². The molecule has 21 heavy (non-hydrogen) atoms. The van der Waals surface area contributed by atoms with Crippen molar-refractivity contribution in [3.63, 3.8) is 0 Å². The van der Waals surface area contributed by atoms with Crippen LogP contribution in [0.1, 0.15) is 31.9 Å². The fourth-order valence-corrected chi connectivity index (χ4v) is 2.28. The molecule has 0 fully saturated rings. The molecular formula is C16H21N3O2. The summed E-state index contributed by atoms with van der Waals surface area (Å²) in [5.74, 6) is -0.256. The van der Waals surface area contributed by atoms with Crippen molar-refractivity contribution in [3.05, 3.63) is 48.3 Å². The second-order valence-corrected chi connectivity index (χ2v) is 5.74. The Bertz CT molecular complexity index is 605. The number of para-hydroxylation sites is 1. The van der Waals surface area contributed by atoms with E-state index in [1.165, 1.54) is 7.11 Å². The largest absolute Gasteiger partial charge is 0.469 e. The molecule has 0 saturated heterocycles. The number of nitrogens with two attached hydrogens (primary N) is 1. The van der Waals surface area contributed by atoms with Crippen LogP contribution in [0.25, 0.3) is 5.69 Å². The molecule has 2 rings (SSSR count). The lowest BCUT2D eigenvalue weighted by Gasteiger charge is -2.24. The molecule has 0 aliphatic carbocycles. The Labute approximate surface area is 124 Å². The van der Waals surface area contributed by atoms with Gasteiger partial charge in [-0.1, -0.05) is 18.2 Å². The number of ether oxygens (including phenoxy) is 1. The van der Waals surface area contributed by atoms with E-state index in [0.29, 0.717) is 6.42 Å². The summed E-state index contributed by atoms with van der Waals surface area (Å²) in [5.41, 5.74) is 7.46. The number of hydrogen-bond acceptors (Lipinski definition) is 4. The van der Waals surface area contributed by atoms with E-state index in [4.69, 9.17) is 10.5 Å². The van der Waals surface area contributed by atoms with Crippen LogP contribution in [0.4, 0.5) is 0 Å². The Balaban J connectivity index is 2.13. The van der Waals surface area contributed by atoms with Gasteiger partial charge in [-0.25, -0.2) is 4.68 Å². The smallest absolute Gasteiger partial charge is 0.311 e. The van der Waals surface area contributed by atoms with Gasteiger partial charge in [-0.15, -0.1) is 0 Å². The normalized spacial score (nSPS) is 13.0. The van der Waals surface area contributed by atoms with E-state index < -0.39 is 5.41 Å². The second kappa shape index (κ2) is 6.10. The fraction of sp³-hybridized carbons (Fsp3) is 0.375. The minimum absolute atomic E-state index is 0.256. The number of carbonyl (C=O) groups is 1. The van der Waals surface area contributed by atoms with E-state index in [1.54, 1.807) is 10.9 Å². The molecule has 5 heteroatoms. The molecule has 0 bridgehead atoms. The van der Waals surface area contributed by atoms with Crippen LogP contribution in [0.2, 0.25) is 0 Å². The minimum Gasteiger partial charge on any atom is -0.469 e. The molecule has 2 aromatic rings. The van der Waals surface area contributed by atoms with E-state index in [0.717, 1.165) is 11.3 Å². The molecule has 2 N–H and O–H groups in total. The first kappa shape index (κ1) is 15.3. The summed E-state index contributed by atoms with van der Waals surface area (Å²) in [6.45, 7) is 3.67. The summed E-state index contributed by atoms with van der Waals surface area (Å²) in [6.07, 6.45) is 4.14. The van der Waals surface area contributed by atoms with Gasteiger partial charge in [0.25, 0.3) is 0 Å². The predicted molar refractivity (Wildman–Crippen MR) is 80.9 cm³/mol. The molecular weight excluding hydrogens is 266 g/mol. The lowest BCUT2D eigenvalue weighted by Crippen LogP contribution is -2.30. The zero-order valence-corrected chi connectivity index (χ0v) is 12.6. The Morgan fingerprint density at radius 1 is 1.38 bits per heavy atom. The Morgan fingerprint density at radius 3 is 2.67 bits per heavy atom. The summed E-state index contributed by atoms with van der Waals surface area (Å²) in [6, 6.07) is 9.55. The van der Waals surface area contributed by atoms with Crippen molar-refractivity contribution >= 4 is 5.97 Å². The van der Waals surface area contributed by atoms with Gasteiger partial charge in [0, 0.05) is 17.8 Å². The van der Waals surface area contributed by atoms with Gasteiger partial charge in [0.15, 0.2) is 0 Å². The molecule has 1 heterocycles. The van der Waals surface area contributed by atoms with Crippen LogP contribution in [0.3, 0.4) is 0 Å². The van der Waals surface area contributed by atoms with Crippen LogP contribution in [-0.4, -0.2) is 22.9 Å². The average molecular weight is 287 g/mol. The van der Waals surface area contributed by atoms with Crippen molar-refractivity contribution in [2.24, 2.45) is 11.1 Å². The minimum atomic E-state index is -0.622. The maximum atomic E-state index is 11.7. The quantitative estimate of drug-likeness (QED) is 0.858. The SMILES string of the molecule is COC(=O)C(C)(C)CC(N)c1cnn(-c2ccccc2)c1. The molecule has 0 spiro atoms. The van der Waals surface area contributed by atoms with Crippen molar-refractivity contribution in [3.8, 4) is 5.69 Å². The highest BCUT2D eigenvalue weighted by molar-refractivity contribution is 5.75. The highest BCUT2D eigenvalue weighted by atomic mass is 16.5. The third-order valence-electron chi connectivity index (χ3n) is 3.52. The average Bonchev–Trinajstić information content (AvgIpc) is 2.96. The summed E-state index contributed by atoms with van der Waals surface area (Å²) in [5, 5.41) is 4.32. The van der Waals surface area contributed by atoms with Crippen molar-refractivity contribution in [2.75, 3.05) is 7.11 Å². The van der Waals surface area contributed by atoms with Gasteiger partial charge in [-0.05, 0) is 32.4 Å². The molecule has 1 aromatic heterocycles. The molecule has 0 aliphatic rings. The number of methoxy groups -OCH3 is 1. The third kappa shape index (κ3) is 3.49. The van der Waals surface area contributed by atoms with Crippen molar-refractivity contribution in [2.45, 2.75) is 26.3 Å². The Hall–Kier alpha value is -2.14. The number of benzene rings is 1. The lowest BCUT2D eigenvalue weighted by molar-refractivity contribution is -0.151. The number of aromatic nitrogens is 2. The van der Waals surface area contributed by atoms with Crippen molar-refractivity contribution in [1.29, 1.82) is 0 Å². The Morgan fingerprint density at radius 2 is 2.05 bits per heavy atom. The predicted octanol–water partition coefficient (Wildman–Crippen LogP) is 2.46. The topological polar surface area (TPSA) is 70.1 Å². The first-order chi connectivity index (χ1) is 9.94. The number of nitrogens with zero attached hydrogens (tertiary/aromatic N) is 2. The van der Waals surface area contributed by atoms with E-state index in [9.17, 15) is 4.79 Å². The lowest BCUT2D eigenvalue weighted by atomic mass is 9.84. The van der Waals surface area contributed by atoms with Crippen LogP contribution in [-0.2, 0) is 9.53 Å². The van der Waals surface area contributed by atoms with Crippen LogP contribution >= 0.6 is 0 Å². The van der Waals surface area contributed by atoms with Crippen LogP contribution < -0.4 is 5.73 Å². The molecule has 1 aromatic carbocycles. The first-order valence-electron chi connectivity index (χ1n) is 6.88. The van der Waals surface area contributed by atoms with E-state index in [1.807, 2.05) is 50.4 Å². The molecule has 112 valence electrons. The zero-order valence-electron chi connectivity index (χ0n) is 12.6. The van der Waals surface area contributed by atoms with Gasteiger partial charge in [-0.3, -0.25) is 4.79 Å². The maximum absolute atomic E-state index is 11.7. The third-order valence-corrected chi connectivity index (χ3v) is 3.52. The van der Waals surface area contributed by atoms with Crippen LogP contribution in [0.15, 0.2) is 42.7 Å². The van der Waals surface area contributed by atoms with Gasteiger partial charge < -0.3 is 10.5 Å². The van der Waals surface area contributed by atoms with Gasteiger partial charge in [0.1, 0.15) is 0 Å². The number of esters is 1. The van der Waals surface area contributed by atoms with Crippen molar-refractivity contribution < 1.29 is 9.53 Å². The Kier molecular flexibility index (Phi) is 4.43. The fourth-order valence-electron chi connectivity index (χ4n) is 2.28.